The molecule has 2 heterocycles. The van der Waals surface area contributed by atoms with Crippen molar-refractivity contribution in [1.82, 2.24) is 0 Å². The number of carbonyl (C=O) groups excluding carboxylic acids is 3. The number of halogens is 3. The molecular weight excluding hydrogens is 467 g/mol. The maximum absolute atomic E-state index is 13.7. The number of hydrogen-bond acceptors (Lipinski definition) is 5. The van der Waals surface area contributed by atoms with E-state index in [1.807, 2.05) is 0 Å². The van der Waals surface area contributed by atoms with Gasteiger partial charge in [-0.05, 0) is 55.3 Å². The standard InChI is InChI=1S/C24H20F3N3O5/c25-24(26,27)18-12-17(28-22(32)15-8-10-34-13-15)6-7-19(18)30-21(31)14-3-1-4-16(11-14)29-23(33)20-5-2-9-35-20/h1,3-4,6-8,10-13,20H,2,5,9H2,(H,28,32)(H,29,33)(H,30,31). The first-order valence-corrected chi connectivity index (χ1v) is 10.6. The third-order valence-electron chi connectivity index (χ3n) is 5.23. The molecule has 182 valence electrons. The molecule has 35 heavy (non-hydrogen) atoms. The van der Waals surface area contributed by atoms with E-state index in [4.69, 9.17) is 9.15 Å². The summed E-state index contributed by atoms with van der Waals surface area (Å²) in [6.07, 6.45) is -1.60. The van der Waals surface area contributed by atoms with E-state index in [2.05, 4.69) is 16.0 Å². The molecule has 0 aliphatic carbocycles. The predicted molar refractivity (Wildman–Crippen MR) is 120 cm³/mol. The van der Waals surface area contributed by atoms with Crippen molar-refractivity contribution >= 4 is 34.8 Å². The van der Waals surface area contributed by atoms with Crippen LogP contribution in [0.3, 0.4) is 0 Å². The van der Waals surface area contributed by atoms with Crippen LogP contribution in [-0.4, -0.2) is 30.4 Å². The summed E-state index contributed by atoms with van der Waals surface area (Å²) in [5.74, 6) is -1.81. The van der Waals surface area contributed by atoms with Gasteiger partial charge in [0.15, 0.2) is 0 Å². The quantitative estimate of drug-likeness (QED) is 0.457. The van der Waals surface area contributed by atoms with Gasteiger partial charge in [0.25, 0.3) is 17.7 Å². The highest BCUT2D eigenvalue weighted by molar-refractivity contribution is 6.07. The van der Waals surface area contributed by atoms with Crippen molar-refractivity contribution in [3.63, 3.8) is 0 Å². The van der Waals surface area contributed by atoms with Crippen LogP contribution >= 0.6 is 0 Å². The molecule has 2 aromatic carbocycles. The van der Waals surface area contributed by atoms with Gasteiger partial charge >= 0.3 is 6.18 Å². The molecule has 0 saturated carbocycles. The Morgan fingerprint density at radius 1 is 0.886 bits per heavy atom. The molecule has 3 amide bonds. The van der Waals surface area contributed by atoms with Crippen LogP contribution in [0.4, 0.5) is 30.2 Å². The van der Waals surface area contributed by atoms with Crippen LogP contribution in [0.1, 0.15) is 39.1 Å². The summed E-state index contributed by atoms with van der Waals surface area (Å²) in [4.78, 5) is 37.1. The summed E-state index contributed by atoms with van der Waals surface area (Å²) in [5, 5.41) is 7.25. The van der Waals surface area contributed by atoms with Gasteiger partial charge < -0.3 is 25.1 Å². The Kier molecular flexibility index (Phi) is 6.87. The lowest BCUT2D eigenvalue weighted by molar-refractivity contribution is -0.136. The molecule has 0 bridgehead atoms. The zero-order valence-electron chi connectivity index (χ0n) is 18.1. The summed E-state index contributed by atoms with van der Waals surface area (Å²) in [7, 11) is 0. The number of alkyl halides is 3. The van der Waals surface area contributed by atoms with E-state index in [9.17, 15) is 27.6 Å². The first-order chi connectivity index (χ1) is 16.7. The van der Waals surface area contributed by atoms with Crippen molar-refractivity contribution in [2.75, 3.05) is 22.6 Å². The van der Waals surface area contributed by atoms with Gasteiger partial charge in [0.2, 0.25) is 0 Å². The molecule has 4 rings (SSSR count). The van der Waals surface area contributed by atoms with Gasteiger partial charge in [-0.3, -0.25) is 14.4 Å². The fourth-order valence-electron chi connectivity index (χ4n) is 3.50. The van der Waals surface area contributed by atoms with E-state index in [1.54, 1.807) is 6.07 Å². The zero-order chi connectivity index (χ0) is 25.0. The summed E-state index contributed by atoms with van der Waals surface area (Å²) in [5.41, 5.74) is -1.24. The summed E-state index contributed by atoms with van der Waals surface area (Å²) >= 11 is 0. The highest BCUT2D eigenvalue weighted by Crippen LogP contribution is 2.37. The molecule has 11 heteroatoms. The smallest absolute Gasteiger partial charge is 0.418 e. The second-order valence-corrected chi connectivity index (χ2v) is 7.75. The lowest BCUT2D eigenvalue weighted by atomic mass is 10.1. The molecule has 1 unspecified atom stereocenters. The van der Waals surface area contributed by atoms with Crippen LogP contribution in [0, 0.1) is 0 Å². The third kappa shape index (κ3) is 5.87. The van der Waals surface area contributed by atoms with Crippen LogP contribution in [0.25, 0.3) is 0 Å². The minimum Gasteiger partial charge on any atom is -0.472 e. The fraction of sp³-hybridized carbons (Fsp3) is 0.208. The summed E-state index contributed by atoms with van der Waals surface area (Å²) in [6, 6.07) is 10.2. The molecule has 3 aromatic rings. The van der Waals surface area contributed by atoms with Crippen molar-refractivity contribution < 1.29 is 36.7 Å². The van der Waals surface area contributed by atoms with E-state index in [0.29, 0.717) is 18.7 Å². The lowest BCUT2D eigenvalue weighted by Gasteiger charge is -2.16. The minimum atomic E-state index is -4.81. The van der Waals surface area contributed by atoms with Crippen molar-refractivity contribution in [2.24, 2.45) is 0 Å². The SMILES string of the molecule is O=C(Nc1ccc(NC(=O)c2cccc(NC(=O)C3CCCO3)c2)c(C(F)(F)F)c1)c1ccoc1. The molecule has 8 nitrogen and oxygen atoms in total. The Morgan fingerprint density at radius 2 is 1.66 bits per heavy atom. The third-order valence-corrected chi connectivity index (χ3v) is 5.23. The molecule has 3 N–H and O–H groups in total. The highest BCUT2D eigenvalue weighted by Gasteiger charge is 2.34. The van der Waals surface area contributed by atoms with Crippen molar-refractivity contribution in [2.45, 2.75) is 25.1 Å². The second kappa shape index (κ2) is 10.0. The van der Waals surface area contributed by atoms with Gasteiger partial charge in [-0.25, -0.2) is 0 Å². The number of ether oxygens (including phenoxy) is 1. The molecule has 0 radical (unpaired) electrons. The van der Waals surface area contributed by atoms with Crippen LogP contribution in [0.5, 0.6) is 0 Å². The average Bonchev–Trinajstić information content (AvgIpc) is 3.54. The average molecular weight is 487 g/mol. The molecular formula is C24H20F3N3O5. The van der Waals surface area contributed by atoms with Gasteiger partial charge in [0.1, 0.15) is 12.4 Å². The van der Waals surface area contributed by atoms with Crippen LogP contribution < -0.4 is 16.0 Å². The number of nitrogens with one attached hydrogen (secondary N) is 3. The molecule has 1 aliphatic heterocycles. The van der Waals surface area contributed by atoms with Crippen molar-refractivity contribution in [3.05, 3.63) is 77.7 Å². The topological polar surface area (TPSA) is 110 Å². The number of rotatable bonds is 6. The second-order valence-electron chi connectivity index (χ2n) is 7.75. The number of furan rings is 1. The van der Waals surface area contributed by atoms with E-state index in [-0.39, 0.29) is 22.7 Å². The van der Waals surface area contributed by atoms with E-state index >= 15 is 0 Å². The molecule has 1 fully saturated rings. The van der Waals surface area contributed by atoms with E-state index in [0.717, 1.165) is 24.8 Å². The van der Waals surface area contributed by atoms with Crippen LogP contribution in [0.2, 0.25) is 0 Å². The Hall–Kier alpha value is -4.12. The first-order valence-electron chi connectivity index (χ1n) is 10.6. The van der Waals surface area contributed by atoms with Gasteiger partial charge in [-0.2, -0.15) is 13.2 Å². The zero-order valence-corrected chi connectivity index (χ0v) is 18.1. The van der Waals surface area contributed by atoms with Gasteiger partial charge in [-0.15, -0.1) is 0 Å². The molecule has 1 aromatic heterocycles. The summed E-state index contributed by atoms with van der Waals surface area (Å²) in [6.45, 7) is 0.494. The maximum atomic E-state index is 13.7. The molecule has 1 aliphatic rings. The Balaban J connectivity index is 1.50. The predicted octanol–water partition coefficient (Wildman–Crippen LogP) is 4.92. The minimum absolute atomic E-state index is 0.0422. The largest absolute Gasteiger partial charge is 0.472 e. The number of carbonyl (C=O) groups is 3. The molecule has 0 spiro atoms. The highest BCUT2D eigenvalue weighted by atomic mass is 19.4. The van der Waals surface area contributed by atoms with Gasteiger partial charge in [0, 0.05) is 23.5 Å². The maximum Gasteiger partial charge on any atom is 0.418 e. The van der Waals surface area contributed by atoms with Gasteiger partial charge in [0.05, 0.1) is 23.1 Å². The van der Waals surface area contributed by atoms with Crippen LogP contribution in [0.15, 0.2) is 65.5 Å². The van der Waals surface area contributed by atoms with Gasteiger partial charge in [-0.1, -0.05) is 6.07 Å². The number of anilines is 3. The van der Waals surface area contributed by atoms with E-state index in [1.165, 1.54) is 36.6 Å². The number of hydrogen-bond donors (Lipinski definition) is 3. The summed E-state index contributed by atoms with van der Waals surface area (Å²) < 4.78 is 51.2. The van der Waals surface area contributed by atoms with Crippen molar-refractivity contribution in [3.8, 4) is 0 Å². The number of benzene rings is 2. The monoisotopic (exact) mass is 487 g/mol. The molecule has 1 atom stereocenters. The number of amides is 3. The van der Waals surface area contributed by atoms with E-state index < -0.39 is 35.3 Å². The first kappa shape index (κ1) is 24.0. The lowest BCUT2D eigenvalue weighted by Crippen LogP contribution is -2.27. The Labute approximate surface area is 197 Å². The molecule has 1 saturated heterocycles. The Bertz CT molecular complexity index is 1240. The van der Waals surface area contributed by atoms with Crippen molar-refractivity contribution in [1.29, 1.82) is 0 Å². The Morgan fingerprint density at radius 3 is 2.34 bits per heavy atom. The van der Waals surface area contributed by atoms with Crippen LogP contribution in [-0.2, 0) is 15.7 Å². The normalized spacial score (nSPS) is 15.5. The fourth-order valence-corrected chi connectivity index (χ4v) is 3.50.